The van der Waals surface area contributed by atoms with Crippen LogP contribution in [0, 0.1) is 6.92 Å². The lowest BCUT2D eigenvalue weighted by atomic mass is 10.0. The number of methoxy groups -OCH3 is 1. The summed E-state index contributed by atoms with van der Waals surface area (Å²) in [6.07, 6.45) is 0. The van der Waals surface area contributed by atoms with E-state index in [9.17, 15) is 4.79 Å². The molecule has 2 aromatic carbocycles. The number of hydrogen-bond acceptors (Lipinski definition) is 3. The Labute approximate surface area is 137 Å². The van der Waals surface area contributed by atoms with Crippen molar-refractivity contribution in [3.8, 4) is 0 Å². The second kappa shape index (κ2) is 6.96. The van der Waals surface area contributed by atoms with Gasteiger partial charge in [-0.15, -0.1) is 0 Å². The summed E-state index contributed by atoms with van der Waals surface area (Å²) in [6.45, 7) is 1.97. The summed E-state index contributed by atoms with van der Waals surface area (Å²) in [4.78, 5) is 12.1. The fourth-order valence-corrected chi connectivity index (χ4v) is 2.43. The number of benzene rings is 2. The monoisotopic (exact) mass is 367 g/mol. The first-order chi connectivity index (χ1) is 10.0. The molecule has 1 atom stereocenters. The van der Waals surface area contributed by atoms with Gasteiger partial charge in [0.1, 0.15) is 0 Å². The van der Waals surface area contributed by atoms with Crippen molar-refractivity contribution < 1.29 is 9.53 Å². The van der Waals surface area contributed by atoms with E-state index in [2.05, 4.69) is 21.2 Å². The Morgan fingerprint density at radius 2 is 2.05 bits per heavy atom. The third-order valence-electron chi connectivity index (χ3n) is 3.09. The van der Waals surface area contributed by atoms with Crippen molar-refractivity contribution in [3.05, 3.63) is 63.1 Å². The molecule has 110 valence electrons. The van der Waals surface area contributed by atoms with Crippen LogP contribution in [0.3, 0.4) is 0 Å². The molecule has 0 aliphatic carbocycles. The molecule has 0 saturated heterocycles. The molecule has 0 aliphatic heterocycles. The first-order valence-electron chi connectivity index (χ1n) is 6.37. The molecule has 2 rings (SSSR count). The van der Waals surface area contributed by atoms with Crippen molar-refractivity contribution in [2.45, 2.75) is 13.0 Å². The molecule has 0 heterocycles. The summed E-state index contributed by atoms with van der Waals surface area (Å²) in [5, 5.41) is 3.77. The molecular formula is C16H15BrClNO2. The van der Waals surface area contributed by atoms with E-state index in [0.29, 0.717) is 5.02 Å². The molecule has 0 aromatic heterocycles. The van der Waals surface area contributed by atoms with Crippen LogP contribution in [0.5, 0.6) is 0 Å². The second-order valence-corrected chi connectivity index (χ2v) is 5.91. The van der Waals surface area contributed by atoms with Gasteiger partial charge in [-0.2, -0.15) is 0 Å². The Hall–Kier alpha value is -1.52. The maximum Gasteiger partial charge on any atom is 0.332 e. The van der Waals surface area contributed by atoms with Crippen LogP contribution >= 0.6 is 27.5 Å². The van der Waals surface area contributed by atoms with Crippen LogP contribution in [0.4, 0.5) is 5.69 Å². The van der Waals surface area contributed by atoms with Gasteiger partial charge < -0.3 is 10.1 Å². The Morgan fingerprint density at radius 3 is 2.67 bits per heavy atom. The summed E-state index contributed by atoms with van der Waals surface area (Å²) < 4.78 is 5.89. The van der Waals surface area contributed by atoms with Crippen LogP contribution in [0.25, 0.3) is 0 Å². The van der Waals surface area contributed by atoms with Crippen LogP contribution in [0.1, 0.15) is 17.2 Å². The highest BCUT2D eigenvalue weighted by molar-refractivity contribution is 9.10. The zero-order valence-electron chi connectivity index (χ0n) is 11.7. The van der Waals surface area contributed by atoms with E-state index < -0.39 is 6.04 Å². The highest BCUT2D eigenvalue weighted by Gasteiger charge is 2.21. The predicted octanol–water partition coefficient (Wildman–Crippen LogP) is 4.74. The molecule has 5 heteroatoms. The lowest BCUT2D eigenvalue weighted by Crippen LogP contribution is -2.22. The van der Waals surface area contributed by atoms with Gasteiger partial charge in [-0.1, -0.05) is 45.7 Å². The third kappa shape index (κ3) is 3.99. The maximum absolute atomic E-state index is 12.1. The number of halogens is 2. The number of carbonyl (C=O) groups is 1. The lowest BCUT2D eigenvalue weighted by molar-refractivity contribution is -0.141. The minimum Gasteiger partial charge on any atom is -0.467 e. The molecule has 0 spiro atoms. The fraction of sp³-hybridized carbons (Fsp3) is 0.188. The normalized spacial score (nSPS) is 11.8. The molecule has 0 saturated carbocycles. The van der Waals surface area contributed by atoms with Gasteiger partial charge in [0.05, 0.1) is 7.11 Å². The van der Waals surface area contributed by atoms with Crippen LogP contribution in [-0.2, 0) is 9.53 Å². The Bertz CT molecular complexity index is 660. The van der Waals surface area contributed by atoms with Gasteiger partial charge in [-0.3, -0.25) is 0 Å². The topological polar surface area (TPSA) is 38.3 Å². The number of nitrogens with one attached hydrogen (secondary N) is 1. The van der Waals surface area contributed by atoms with Crippen molar-refractivity contribution in [3.63, 3.8) is 0 Å². The van der Waals surface area contributed by atoms with Crippen molar-refractivity contribution in [1.29, 1.82) is 0 Å². The molecule has 0 fully saturated rings. The van der Waals surface area contributed by atoms with Crippen LogP contribution in [0.15, 0.2) is 46.9 Å². The number of aryl methyl sites for hydroxylation is 1. The number of anilines is 1. The van der Waals surface area contributed by atoms with Gasteiger partial charge in [0.25, 0.3) is 0 Å². The first kappa shape index (κ1) is 15.9. The molecule has 21 heavy (non-hydrogen) atoms. The summed E-state index contributed by atoms with van der Waals surface area (Å²) in [7, 11) is 1.38. The van der Waals surface area contributed by atoms with Gasteiger partial charge in [0, 0.05) is 15.2 Å². The minimum absolute atomic E-state index is 0.350. The third-order valence-corrected chi connectivity index (χ3v) is 4.21. The van der Waals surface area contributed by atoms with E-state index in [4.69, 9.17) is 16.3 Å². The molecule has 0 amide bonds. The second-order valence-electron chi connectivity index (χ2n) is 4.62. The quantitative estimate of drug-likeness (QED) is 0.792. The Morgan fingerprint density at radius 1 is 1.29 bits per heavy atom. The molecule has 0 aliphatic rings. The molecule has 1 N–H and O–H groups in total. The van der Waals surface area contributed by atoms with E-state index in [1.165, 1.54) is 7.11 Å². The lowest BCUT2D eigenvalue weighted by Gasteiger charge is -2.19. The largest absolute Gasteiger partial charge is 0.467 e. The molecular weight excluding hydrogens is 354 g/mol. The van der Waals surface area contributed by atoms with Gasteiger partial charge in [-0.25, -0.2) is 4.79 Å². The number of ether oxygens (including phenoxy) is 1. The highest BCUT2D eigenvalue weighted by Crippen LogP contribution is 2.26. The maximum atomic E-state index is 12.1. The summed E-state index contributed by atoms with van der Waals surface area (Å²) in [5.74, 6) is -0.350. The molecule has 0 bridgehead atoms. The zero-order chi connectivity index (χ0) is 15.4. The standard InChI is InChI=1S/C16H15BrClNO2/c1-10-8-11(6-7-14(10)17)15(16(20)21-2)19-13-5-3-4-12(18)9-13/h3-9,15,19H,1-2H3. The Kier molecular flexibility index (Phi) is 5.26. The molecule has 0 radical (unpaired) electrons. The van der Waals surface area contributed by atoms with E-state index in [0.717, 1.165) is 21.3 Å². The average Bonchev–Trinajstić information content (AvgIpc) is 2.47. The Balaban J connectivity index is 2.34. The van der Waals surface area contributed by atoms with E-state index in [1.54, 1.807) is 12.1 Å². The molecule has 2 aromatic rings. The number of hydrogen-bond donors (Lipinski definition) is 1. The molecule has 1 unspecified atom stereocenters. The SMILES string of the molecule is COC(=O)C(Nc1cccc(Cl)c1)c1ccc(Br)c(C)c1. The first-order valence-corrected chi connectivity index (χ1v) is 7.54. The number of esters is 1. The van der Waals surface area contributed by atoms with Crippen LogP contribution in [-0.4, -0.2) is 13.1 Å². The van der Waals surface area contributed by atoms with Gasteiger partial charge >= 0.3 is 5.97 Å². The van der Waals surface area contributed by atoms with Crippen LogP contribution < -0.4 is 5.32 Å². The van der Waals surface area contributed by atoms with Crippen LogP contribution in [0.2, 0.25) is 5.02 Å². The summed E-state index contributed by atoms with van der Waals surface area (Å²) in [5.41, 5.74) is 2.65. The van der Waals surface area contributed by atoms with Crippen molar-refractivity contribution in [1.82, 2.24) is 0 Å². The fourth-order valence-electron chi connectivity index (χ4n) is 1.99. The number of rotatable bonds is 4. The van der Waals surface area contributed by atoms with Gasteiger partial charge in [0.2, 0.25) is 0 Å². The number of carbonyl (C=O) groups excluding carboxylic acids is 1. The summed E-state index contributed by atoms with van der Waals surface area (Å²) >= 11 is 9.43. The van der Waals surface area contributed by atoms with E-state index in [-0.39, 0.29) is 5.97 Å². The smallest absolute Gasteiger partial charge is 0.332 e. The van der Waals surface area contributed by atoms with E-state index in [1.807, 2.05) is 37.3 Å². The predicted molar refractivity (Wildman–Crippen MR) is 88.7 cm³/mol. The van der Waals surface area contributed by atoms with Crippen molar-refractivity contribution in [2.24, 2.45) is 0 Å². The average molecular weight is 369 g/mol. The summed E-state index contributed by atoms with van der Waals surface area (Å²) in [6, 6.07) is 12.4. The zero-order valence-corrected chi connectivity index (χ0v) is 14.0. The molecule has 3 nitrogen and oxygen atoms in total. The minimum atomic E-state index is -0.583. The van der Waals surface area contributed by atoms with Crippen molar-refractivity contribution >= 4 is 39.2 Å². The van der Waals surface area contributed by atoms with E-state index >= 15 is 0 Å². The van der Waals surface area contributed by atoms with Gasteiger partial charge in [0.15, 0.2) is 6.04 Å². The van der Waals surface area contributed by atoms with Crippen molar-refractivity contribution in [2.75, 3.05) is 12.4 Å². The van der Waals surface area contributed by atoms with Gasteiger partial charge in [-0.05, 0) is 42.3 Å². The highest BCUT2D eigenvalue weighted by atomic mass is 79.9.